The molecule has 2 aromatic rings. The van der Waals surface area contributed by atoms with E-state index in [0.717, 1.165) is 11.3 Å². The van der Waals surface area contributed by atoms with E-state index in [1.54, 1.807) is 13.0 Å². The van der Waals surface area contributed by atoms with Crippen LogP contribution in [-0.2, 0) is 0 Å². The van der Waals surface area contributed by atoms with Crippen molar-refractivity contribution in [3.8, 4) is 0 Å². The third-order valence-corrected chi connectivity index (χ3v) is 3.22. The van der Waals surface area contributed by atoms with Gasteiger partial charge in [-0.2, -0.15) is 0 Å². The van der Waals surface area contributed by atoms with Gasteiger partial charge >= 0.3 is 0 Å². The van der Waals surface area contributed by atoms with Crippen LogP contribution in [0.4, 0.5) is 5.69 Å². The van der Waals surface area contributed by atoms with Crippen molar-refractivity contribution in [1.82, 2.24) is 15.5 Å². The zero-order valence-electron chi connectivity index (χ0n) is 12.0. The average Bonchev–Trinajstić information content (AvgIpc) is 2.71. The maximum absolute atomic E-state index is 12.3. The lowest BCUT2D eigenvalue weighted by Crippen LogP contribution is -2.28. The molecule has 0 fully saturated rings. The van der Waals surface area contributed by atoms with Crippen molar-refractivity contribution in [3.05, 3.63) is 40.5 Å². The molecule has 6 nitrogen and oxygen atoms in total. The van der Waals surface area contributed by atoms with E-state index in [4.69, 9.17) is 10.3 Å². The van der Waals surface area contributed by atoms with Crippen molar-refractivity contribution in [2.24, 2.45) is 0 Å². The third kappa shape index (κ3) is 2.64. The maximum Gasteiger partial charge on any atom is 0.253 e. The van der Waals surface area contributed by atoms with Crippen LogP contribution >= 0.6 is 0 Å². The SMILES string of the molecule is Cc1ncc(N)cc1C(=O)NC(C)c1c(C)noc1C. The van der Waals surface area contributed by atoms with Crippen LogP contribution in [0.5, 0.6) is 0 Å². The van der Waals surface area contributed by atoms with Gasteiger partial charge in [0.2, 0.25) is 0 Å². The third-order valence-electron chi connectivity index (χ3n) is 3.22. The second-order valence-corrected chi connectivity index (χ2v) is 4.83. The van der Waals surface area contributed by atoms with Crippen molar-refractivity contribution in [1.29, 1.82) is 0 Å². The minimum absolute atomic E-state index is 0.199. The van der Waals surface area contributed by atoms with Crippen molar-refractivity contribution < 1.29 is 9.32 Å². The van der Waals surface area contributed by atoms with Gasteiger partial charge in [-0.3, -0.25) is 9.78 Å². The van der Waals surface area contributed by atoms with Crippen LogP contribution in [0, 0.1) is 20.8 Å². The summed E-state index contributed by atoms with van der Waals surface area (Å²) in [5.41, 5.74) is 8.92. The molecule has 6 heteroatoms. The molecule has 2 aromatic heterocycles. The fourth-order valence-corrected chi connectivity index (χ4v) is 2.23. The van der Waals surface area contributed by atoms with E-state index in [2.05, 4.69) is 15.5 Å². The highest BCUT2D eigenvalue weighted by atomic mass is 16.5. The normalized spacial score (nSPS) is 12.2. The van der Waals surface area contributed by atoms with Gasteiger partial charge in [0.05, 0.1) is 34.9 Å². The highest BCUT2D eigenvalue weighted by Crippen LogP contribution is 2.21. The Kier molecular flexibility index (Phi) is 3.74. The lowest BCUT2D eigenvalue weighted by Gasteiger charge is -2.14. The van der Waals surface area contributed by atoms with Crippen LogP contribution in [-0.4, -0.2) is 16.0 Å². The Morgan fingerprint density at radius 2 is 2.05 bits per heavy atom. The molecule has 0 saturated carbocycles. The molecule has 0 aliphatic carbocycles. The molecule has 1 atom stereocenters. The summed E-state index contributed by atoms with van der Waals surface area (Å²) in [5.74, 6) is 0.493. The predicted molar refractivity (Wildman–Crippen MR) is 75.2 cm³/mol. The lowest BCUT2D eigenvalue weighted by atomic mass is 10.1. The van der Waals surface area contributed by atoms with Crippen molar-refractivity contribution in [3.63, 3.8) is 0 Å². The van der Waals surface area contributed by atoms with E-state index in [1.165, 1.54) is 6.20 Å². The highest BCUT2D eigenvalue weighted by molar-refractivity contribution is 5.96. The van der Waals surface area contributed by atoms with E-state index in [1.807, 2.05) is 20.8 Å². The van der Waals surface area contributed by atoms with Crippen LogP contribution in [0.15, 0.2) is 16.8 Å². The lowest BCUT2D eigenvalue weighted by molar-refractivity contribution is 0.0938. The number of nitrogens with two attached hydrogens (primary N) is 1. The number of aryl methyl sites for hydroxylation is 3. The van der Waals surface area contributed by atoms with Crippen LogP contribution in [0.1, 0.15) is 46.0 Å². The number of amides is 1. The van der Waals surface area contributed by atoms with E-state index < -0.39 is 0 Å². The molecular weight excluding hydrogens is 256 g/mol. The summed E-state index contributed by atoms with van der Waals surface area (Å²) >= 11 is 0. The molecule has 1 unspecified atom stereocenters. The molecule has 20 heavy (non-hydrogen) atoms. The first-order valence-corrected chi connectivity index (χ1v) is 6.36. The number of nitrogens with one attached hydrogen (secondary N) is 1. The Bertz CT molecular complexity index is 629. The highest BCUT2D eigenvalue weighted by Gasteiger charge is 2.20. The minimum atomic E-state index is -0.213. The summed E-state index contributed by atoms with van der Waals surface area (Å²) in [6.45, 7) is 7.33. The monoisotopic (exact) mass is 274 g/mol. The first-order valence-electron chi connectivity index (χ1n) is 6.36. The topological polar surface area (TPSA) is 94.0 Å². The largest absolute Gasteiger partial charge is 0.397 e. The van der Waals surface area contributed by atoms with Gasteiger partial charge in [0, 0.05) is 5.56 Å². The van der Waals surface area contributed by atoms with E-state index in [0.29, 0.717) is 22.7 Å². The molecule has 0 bridgehead atoms. The number of nitrogen functional groups attached to an aromatic ring is 1. The summed E-state index contributed by atoms with van der Waals surface area (Å²) in [6, 6.07) is 1.42. The zero-order valence-corrected chi connectivity index (χ0v) is 12.0. The number of anilines is 1. The average molecular weight is 274 g/mol. The molecule has 0 aliphatic heterocycles. The van der Waals surface area contributed by atoms with Crippen LogP contribution in [0.3, 0.4) is 0 Å². The molecule has 0 spiro atoms. The second kappa shape index (κ2) is 5.32. The van der Waals surface area contributed by atoms with Gasteiger partial charge in [0.15, 0.2) is 0 Å². The van der Waals surface area contributed by atoms with E-state index in [9.17, 15) is 4.79 Å². The minimum Gasteiger partial charge on any atom is -0.397 e. The van der Waals surface area contributed by atoms with Crippen molar-refractivity contribution >= 4 is 11.6 Å². The maximum atomic E-state index is 12.3. The Hall–Kier alpha value is -2.37. The smallest absolute Gasteiger partial charge is 0.253 e. The molecular formula is C14H18N4O2. The van der Waals surface area contributed by atoms with E-state index >= 15 is 0 Å². The number of nitrogens with zero attached hydrogens (tertiary/aromatic N) is 2. The number of carbonyl (C=O) groups excluding carboxylic acids is 1. The standard InChI is InChI=1S/C14H18N4O2/c1-7-12(5-11(15)6-16-7)14(19)17-8(2)13-9(3)18-20-10(13)4/h5-6,8H,15H2,1-4H3,(H,17,19). The molecule has 2 rings (SSSR count). The van der Waals surface area contributed by atoms with Gasteiger partial charge in [0.25, 0.3) is 5.91 Å². The molecule has 0 saturated heterocycles. The number of aromatic nitrogens is 2. The summed E-state index contributed by atoms with van der Waals surface area (Å²) in [7, 11) is 0. The first-order chi connectivity index (χ1) is 9.40. The first kappa shape index (κ1) is 14.0. The summed E-state index contributed by atoms with van der Waals surface area (Å²) < 4.78 is 5.11. The molecule has 0 aromatic carbocycles. The van der Waals surface area contributed by atoms with Gasteiger partial charge in [-0.05, 0) is 33.8 Å². The Morgan fingerprint density at radius 3 is 2.65 bits per heavy atom. The summed E-state index contributed by atoms with van der Waals surface area (Å²) in [5, 5.41) is 6.80. The van der Waals surface area contributed by atoms with Crippen LogP contribution < -0.4 is 11.1 Å². The van der Waals surface area contributed by atoms with Crippen LogP contribution in [0.2, 0.25) is 0 Å². The Morgan fingerprint density at radius 1 is 1.35 bits per heavy atom. The molecule has 0 aliphatic rings. The van der Waals surface area contributed by atoms with Crippen molar-refractivity contribution in [2.45, 2.75) is 33.7 Å². The van der Waals surface area contributed by atoms with E-state index in [-0.39, 0.29) is 11.9 Å². The van der Waals surface area contributed by atoms with Crippen molar-refractivity contribution in [2.75, 3.05) is 5.73 Å². The number of pyridine rings is 1. The molecule has 1 amide bonds. The number of hydrogen-bond donors (Lipinski definition) is 2. The van der Waals surface area contributed by atoms with Gasteiger partial charge in [-0.25, -0.2) is 0 Å². The molecule has 2 heterocycles. The molecule has 106 valence electrons. The van der Waals surface area contributed by atoms with Gasteiger partial charge in [0.1, 0.15) is 5.76 Å². The predicted octanol–water partition coefficient (Wildman–Crippen LogP) is 2.07. The Balaban J connectivity index is 2.22. The number of rotatable bonds is 3. The second-order valence-electron chi connectivity index (χ2n) is 4.83. The number of hydrogen-bond acceptors (Lipinski definition) is 5. The molecule has 3 N–H and O–H groups in total. The zero-order chi connectivity index (χ0) is 14.9. The van der Waals surface area contributed by atoms with Crippen LogP contribution in [0.25, 0.3) is 0 Å². The number of carbonyl (C=O) groups is 1. The fourth-order valence-electron chi connectivity index (χ4n) is 2.23. The molecule has 0 radical (unpaired) electrons. The summed E-state index contributed by atoms with van der Waals surface area (Å²) in [4.78, 5) is 16.4. The van der Waals surface area contributed by atoms with Gasteiger partial charge in [-0.1, -0.05) is 5.16 Å². The summed E-state index contributed by atoms with van der Waals surface area (Å²) in [6.07, 6.45) is 1.53. The Labute approximate surface area is 117 Å². The van der Waals surface area contributed by atoms with Gasteiger partial charge in [-0.15, -0.1) is 0 Å². The van der Waals surface area contributed by atoms with Gasteiger partial charge < -0.3 is 15.6 Å². The fraction of sp³-hybridized carbons (Fsp3) is 0.357. The quantitative estimate of drug-likeness (QED) is 0.893.